The van der Waals surface area contributed by atoms with Crippen LogP contribution < -0.4 is 5.43 Å². The summed E-state index contributed by atoms with van der Waals surface area (Å²) in [6, 6.07) is 8.07. The van der Waals surface area contributed by atoms with E-state index in [-0.39, 0.29) is 5.69 Å². The summed E-state index contributed by atoms with van der Waals surface area (Å²) in [4.78, 5) is 10.1. The predicted molar refractivity (Wildman–Crippen MR) is 82.9 cm³/mol. The first-order valence-electron chi connectivity index (χ1n) is 5.63. The smallest absolute Gasteiger partial charge is 0.266 e. The molecule has 7 nitrogen and oxygen atoms in total. The highest BCUT2D eigenvalue weighted by Crippen LogP contribution is 2.29. The number of nitrogens with one attached hydrogen (secondary N) is 1. The van der Waals surface area contributed by atoms with Gasteiger partial charge >= 0.3 is 0 Å². The van der Waals surface area contributed by atoms with Gasteiger partial charge in [-0.3, -0.25) is 15.5 Å². The van der Waals surface area contributed by atoms with E-state index in [4.69, 9.17) is 5.26 Å². The van der Waals surface area contributed by atoms with Crippen molar-refractivity contribution in [2.75, 3.05) is 11.7 Å². The highest BCUT2D eigenvalue weighted by molar-refractivity contribution is 7.98. The Morgan fingerprint density at radius 3 is 2.81 bits per heavy atom. The quantitative estimate of drug-likeness (QED) is 0.393. The fourth-order valence-electron chi connectivity index (χ4n) is 1.44. The topological polar surface area (TPSA) is 104 Å². The molecule has 1 aromatic carbocycles. The number of hydrogen-bond acceptors (Lipinski definition) is 8. The third-order valence-corrected chi connectivity index (χ3v) is 4.00. The van der Waals surface area contributed by atoms with Crippen LogP contribution in [0.2, 0.25) is 0 Å². The minimum Gasteiger partial charge on any atom is -0.266 e. The summed E-state index contributed by atoms with van der Waals surface area (Å²) in [5, 5.41) is 24.8. The molecule has 2 rings (SSSR count). The van der Waals surface area contributed by atoms with Crippen molar-refractivity contribution in [3.8, 4) is 6.07 Å². The molecule has 1 aromatic heterocycles. The lowest BCUT2D eigenvalue weighted by Gasteiger charge is -1.96. The molecule has 0 saturated heterocycles. The van der Waals surface area contributed by atoms with E-state index in [0.29, 0.717) is 21.2 Å². The van der Waals surface area contributed by atoms with E-state index in [1.54, 1.807) is 12.1 Å². The van der Waals surface area contributed by atoms with Crippen molar-refractivity contribution in [3.63, 3.8) is 0 Å². The summed E-state index contributed by atoms with van der Waals surface area (Å²) in [6.45, 7) is 0. The lowest BCUT2D eigenvalue weighted by molar-refractivity contribution is -0.384. The summed E-state index contributed by atoms with van der Waals surface area (Å²) in [7, 11) is 0. The van der Waals surface area contributed by atoms with Gasteiger partial charge in [-0.05, 0) is 35.5 Å². The number of anilines is 1. The minimum absolute atomic E-state index is 0.0268. The first-order chi connectivity index (χ1) is 10.2. The largest absolute Gasteiger partial charge is 0.269 e. The van der Waals surface area contributed by atoms with Crippen LogP contribution in [0.15, 0.2) is 34.4 Å². The number of hydrogen-bond donors (Lipinski definition) is 1. The Bertz CT molecular complexity index is 718. The van der Waals surface area contributed by atoms with Gasteiger partial charge in [0, 0.05) is 12.1 Å². The van der Waals surface area contributed by atoms with Gasteiger partial charge in [0.25, 0.3) is 5.69 Å². The fourth-order valence-corrected chi connectivity index (χ4v) is 2.86. The van der Waals surface area contributed by atoms with Gasteiger partial charge in [0.1, 0.15) is 21.7 Å². The molecule has 0 fully saturated rings. The van der Waals surface area contributed by atoms with Gasteiger partial charge in [-0.1, -0.05) is 0 Å². The molecule has 1 N–H and O–H groups in total. The number of nitro benzene ring substituents is 1. The lowest BCUT2D eigenvalue weighted by atomic mass is 10.2. The molecule has 0 bridgehead atoms. The van der Waals surface area contributed by atoms with Crippen LogP contribution in [-0.2, 0) is 0 Å². The van der Waals surface area contributed by atoms with Crippen LogP contribution in [0.25, 0.3) is 0 Å². The zero-order valence-electron chi connectivity index (χ0n) is 10.8. The number of hydrazone groups is 1. The van der Waals surface area contributed by atoms with Crippen LogP contribution in [0.1, 0.15) is 11.1 Å². The fraction of sp³-hybridized carbons (Fsp3) is 0.0833. The SMILES string of the molecule is CSc1nsc(N/N=C\c2ccc([N+](=O)[O-])cc2)c1C#N. The van der Waals surface area contributed by atoms with Gasteiger partial charge in [-0.25, -0.2) is 0 Å². The van der Waals surface area contributed by atoms with Crippen molar-refractivity contribution >= 4 is 40.2 Å². The van der Waals surface area contributed by atoms with Gasteiger partial charge in [0.05, 0.1) is 11.1 Å². The third-order valence-electron chi connectivity index (χ3n) is 2.45. The van der Waals surface area contributed by atoms with Crippen LogP contribution in [0, 0.1) is 21.4 Å². The summed E-state index contributed by atoms with van der Waals surface area (Å²) < 4.78 is 4.13. The number of aromatic nitrogens is 1. The van der Waals surface area contributed by atoms with Gasteiger partial charge in [-0.15, -0.1) is 11.8 Å². The molecule has 0 saturated carbocycles. The van der Waals surface area contributed by atoms with Crippen molar-refractivity contribution in [1.29, 1.82) is 5.26 Å². The number of benzene rings is 1. The molecule has 0 atom stereocenters. The van der Waals surface area contributed by atoms with Crippen LogP contribution >= 0.6 is 23.3 Å². The molecular weight excluding hydrogens is 310 g/mol. The first-order valence-corrected chi connectivity index (χ1v) is 7.63. The normalized spacial score (nSPS) is 10.5. The number of non-ortho nitro benzene ring substituents is 1. The Morgan fingerprint density at radius 2 is 2.24 bits per heavy atom. The summed E-state index contributed by atoms with van der Waals surface area (Å²) in [5.74, 6) is 0. The molecule has 0 radical (unpaired) electrons. The van der Waals surface area contributed by atoms with Crippen molar-refractivity contribution in [3.05, 3.63) is 45.5 Å². The molecule has 1 heterocycles. The molecule has 106 valence electrons. The van der Waals surface area contributed by atoms with Gasteiger partial charge in [0.2, 0.25) is 0 Å². The second kappa shape index (κ2) is 6.83. The third kappa shape index (κ3) is 3.56. The van der Waals surface area contributed by atoms with Crippen molar-refractivity contribution < 1.29 is 4.92 Å². The Labute approximate surface area is 128 Å². The first kappa shape index (κ1) is 15.0. The second-order valence-corrected chi connectivity index (χ2v) is 5.29. The maximum absolute atomic E-state index is 10.5. The Kier molecular flexibility index (Phi) is 4.86. The number of nitrogens with zero attached hydrogens (tertiary/aromatic N) is 4. The summed E-state index contributed by atoms with van der Waals surface area (Å²) >= 11 is 2.56. The van der Waals surface area contributed by atoms with E-state index in [0.717, 1.165) is 11.5 Å². The molecule has 0 unspecified atom stereocenters. The lowest BCUT2D eigenvalue weighted by Crippen LogP contribution is -1.92. The van der Waals surface area contributed by atoms with Crippen LogP contribution in [0.4, 0.5) is 10.7 Å². The Morgan fingerprint density at radius 1 is 1.52 bits per heavy atom. The van der Waals surface area contributed by atoms with Gasteiger partial charge < -0.3 is 0 Å². The zero-order chi connectivity index (χ0) is 15.2. The maximum Gasteiger partial charge on any atom is 0.269 e. The highest BCUT2D eigenvalue weighted by atomic mass is 32.2. The van der Waals surface area contributed by atoms with Crippen molar-refractivity contribution in [2.45, 2.75) is 5.03 Å². The molecule has 2 aromatic rings. The van der Waals surface area contributed by atoms with Crippen LogP contribution in [0.3, 0.4) is 0 Å². The molecular formula is C12H9N5O2S2. The van der Waals surface area contributed by atoms with E-state index in [1.807, 2.05) is 6.26 Å². The van der Waals surface area contributed by atoms with E-state index in [9.17, 15) is 10.1 Å². The average molecular weight is 319 g/mol. The predicted octanol–water partition coefficient (Wildman–Crippen LogP) is 3.09. The van der Waals surface area contributed by atoms with E-state index >= 15 is 0 Å². The molecule has 0 spiro atoms. The van der Waals surface area contributed by atoms with E-state index in [1.165, 1.54) is 30.1 Å². The van der Waals surface area contributed by atoms with Crippen LogP contribution in [0.5, 0.6) is 0 Å². The monoisotopic (exact) mass is 319 g/mol. The minimum atomic E-state index is -0.459. The zero-order valence-corrected chi connectivity index (χ0v) is 12.4. The van der Waals surface area contributed by atoms with Crippen molar-refractivity contribution in [1.82, 2.24) is 4.37 Å². The van der Waals surface area contributed by atoms with Crippen molar-refractivity contribution in [2.24, 2.45) is 5.10 Å². The molecule has 0 amide bonds. The number of thioether (sulfide) groups is 1. The Balaban J connectivity index is 2.07. The summed E-state index contributed by atoms with van der Waals surface area (Å²) in [5.41, 5.74) is 3.96. The van der Waals surface area contributed by atoms with Crippen LogP contribution in [-0.4, -0.2) is 21.8 Å². The standard InChI is InChI=1S/C12H9N5O2S2/c1-20-12-10(6-13)11(21-16-12)15-14-7-8-2-4-9(5-3-8)17(18)19/h2-5,7,15H,1H3/b14-7-. The molecule has 0 aliphatic heterocycles. The number of rotatable bonds is 5. The molecule has 0 aliphatic carbocycles. The van der Waals surface area contributed by atoms with Gasteiger partial charge in [-0.2, -0.15) is 14.7 Å². The molecule has 9 heteroatoms. The summed E-state index contributed by atoms with van der Waals surface area (Å²) in [6.07, 6.45) is 3.36. The maximum atomic E-state index is 10.5. The second-order valence-electron chi connectivity index (χ2n) is 3.73. The van der Waals surface area contributed by atoms with E-state index in [2.05, 4.69) is 21.0 Å². The molecule has 0 aliphatic rings. The molecule has 21 heavy (non-hydrogen) atoms. The average Bonchev–Trinajstić information content (AvgIpc) is 2.89. The number of nitriles is 1. The highest BCUT2D eigenvalue weighted by Gasteiger charge is 2.11. The Hall–Kier alpha value is -2.44. The number of nitro groups is 1. The van der Waals surface area contributed by atoms with E-state index < -0.39 is 4.92 Å². The van der Waals surface area contributed by atoms with Gasteiger partial charge in [0.15, 0.2) is 0 Å².